The van der Waals surface area contributed by atoms with E-state index in [1.165, 1.54) is 37.3 Å². The number of hydrogen-bond donors (Lipinski definition) is 0. The molecule has 2 aromatic heterocycles. The Kier molecular flexibility index (Phi) is 10.6. The number of benzene rings is 9. The molecule has 13 rings (SSSR count). The zero-order chi connectivity index (χ0) is 47.4. The molecule has 3 heterocycles. The van der Waals surface area contributed by atoms with Gasteiger partial charge in [0, 0.05) is 100 Å². The molecular formula is C65H47N3O2S. The summed E-state index contributed by atoms with van der Waals surface area (Å²) in [5, 5.41) is 4.78. The van der Waals surface area contributed by atoms with Crippen molar-refractivity contribution in [2.45, 2.75) is 29.6 Å². The Morgan fingerprint density at radius 3 is 1.80 bits per heavy atom. The van der Waals surface area contributed by atoms with E-state index in [9.17, 15) is 0 Å². The van der Waals surface area contributed by atoms with Crippen LogP contribution < -0.4 is 14.7 Å². The molecule has 0 N–H and O–H groups in total. The fourth-order valence-corrected chi connectivity index (χ4v) is 11.8. The molecule has 0 fully saturated rings. The third kappa shape index (κ3) is 7.52. The minimum absolute atomic E-state index is 0.799. The van der Waals surface area contributed by atoms with E-state index in [1.807, 2.05) is 36.9 Å². The van der Waals surface area contributed by atoms with Crippen LogP contribution in [0.4, 0.5) is 39.8 Å². The summed E-state index contributed by atoms with van der Waals surface area (Å²) < 4.78 is 13.4. The molecule has 0 bridgehead atoms. The number of rotatable bonds is 11. The van der Waals surface area contributed by atoms with Crippen molar-refractivity contribution in [1.82, 2.24) is 0 Å². The topological polar surface area (TPSA) is 36.0 Å². The monoisotopic (exact) mass is 933 g/mol. The highest BCUT2D eigenvalue weighted by Crippen LogP contribution is 2.50. The van der Waals surface area contributed by atoms with Gasteiger partial charge in [-0.1, -0.05) is 128 Å². The second-order valence-corrected chi connectivity index (χ2v) is 19.2. The molecule has 11 aromatic rings. The van der Waals surface area contributed by atoms with Gasteiger partial charge in [0.15, 0.2) is 0 Å². The highest BCUT2D eigenvalue weighted by atomic mass is 32.2. The van der Waals surface area contributed by atoms with Gasteiger partial charge in [0.25, 0.3) is 0 Å². The first-order chi connectivity index (χ1) is 35.1. The largest absolute Gasteiger partial charge is 0.461 e. The van der Waals surface area contributed by atoms with Crippen LogP contribution in [0, 0.1) is 6.92 Å². The van der Waals surface area contributed by atoms with Crippen LogP contribution in [-0.2, 0) is 6.42 Å². The zero-order valence-electron chi connectivity index (χ0n) is 39.1. The number of aryl methyl sites for hydroxylation is 2. The van der Waals surface area contributed by atoms with Crippen LogP contribution in [0.3, 0.4) is 0 Å². The molecule has 9 aromatic carbocycles. The standard InChI is InChI=1S/C65H47N3O2S/c1-3-45(38-58-43(2)69-61-40-52(30-34-54(58)61)67(47-22-10-5-11-23-47)48-24-12-6-13-25-48)66(46-20-8-4-9-21-46)51-31-35-55-59-39-50(33-37-60(59)70-62(55)41-51)68(49-26-14-7-15-27-49)53-32-36-56-57-28-16-18-44-19-17-29-63(65(44)57)71-64(56)42-53/h3-30,32-34,36-42H,1,31,35H2,2H3/b45-38+. The van der Waals surface area contributed by atoms with Crippen LogP contribution in [-0.4, -0.2) is 0 Å². The predicted molar refractivity (Wildman–Crippen MR) is 297 cm³/mol. The second kappa shape index (κ2) is 17.7. The number of hydrogen-bond acceptors (Lipinski definition) is 6. The second-order valence-electron chi connectivity index (χ2n) is 18.1. The molecule has 0 spiro atoms. The first-order valence-corrected chi connectivity index (χ1v) is 25.0. The molecule has 0 unspecified atom stereocenters. The van der Waals surface area contributed by atoms with E-state index >= 15 is 0 Å². The molecule has 340 valence electrons. The van der Waals surface area contributed by atoms with Crippen LogP contribution >= 0.6 is 11.8 Å². The van der Waals surface area contributed by atoms with Crippen LogP contribution in [0.25, 0.3) is 56.0 Å². The molecule has 71 heavy (non-hydrogen) atoms. The highest BCUT2D eigenvalue weighted by molar-refractivity contribution is 7.99. The first kappa shape index (κ1) is 42.4. The number of nitrogens with zero attached hydrogens (tertiary/aromatic N) is 3. The zero-order valence-corrected chi connectivity index (χ0v) is 39.9. The summed E-state index contributed by atoms with van der Waals surface area (Å²) in [6, 6.07) is 75.4. The molecule has 0 atom stereocenters. The lowest BCUT2D eigenvalue weighted by atomic mass is 9.96. The van der Waals surface area contributed by atoms with Crippen molar-refractivity contribution in [3.63, 3.8) is 0 Å². The smallest absolute Gasteiger partial charge is 0.136 e. The van der Waals surface area contributed by atoms with Crippen LogP contribution in [0.2, 0.25) is 0 Å². The summed E-state index contributed by atoms with van der Waals surface area (Å²) >= 11 is 1.86. The SMILES string of the molecule is C=C/C(=C\c1c(C)oc2cc(N(c3ccccc3)c3ccccc3)ccc12)N(C1=Cc2oc3ccc(N(c4ccccc4)c4ccc5c(c4)Sc4cccc6cccc-5c46)cc3c2CC1)c1ccccc1. The third-order valence-electron chi connectivity index (χ3n) is 13.9. The molecule has 6 heteroatoms. The summed E-state index contributed by atoms with van der Waals surface area (Å²) in [6.45, 7) is 6.44. The summed E-state index contributed by atoms with van der Waals surface area (Å²) in [5.74, 6) is 1.72. The van der Waals surface area contributed by atoms with E-state index in [0.29, 0.717) is 0 Å². The van der Waals surface area contributed by atoms with Crippen molar-refractivity contribution in [2.75, 3.05) is 14.7 Å². The molecule has 0 saturated carbocycles. The van der Waals surface area contributed by atoms with E-state index in [-0.39, 0.29) is 0 Å². The maximum Gasteiger partial charge on any atom is 0.136 e. The van der Waals surface area contributed by atoms with E-state index in [1.54, 1.807) is 0 Å². The minimum atomic E-state index is 0.799. The van der Waals surface area contributed by atoms with Gasteiger partial charge in [-0.3, -0.25) is 0 Å². The lowest BCUT2D eigenvalue weighted by molar-refractivity contribution is 0.577. The number of furan rings is 2. The van der Waals surface area contributed by atoms with Gasteiger partial charge >= 0.3 is 0 Å². The molecule has 1 aliphatic carbocycles. The van der Waals surface area contributed by atoms with Crippen molar-refractivity contribution >= 4 is 96.4 Å². The quantitative estimate of drug-likeness (QED) is 0.120. The highest BCUT2D eigenvalue weighted by Gasteiger charge is 2.27. The lowest BCUT2D eigenvalue weighted by Gasteiger charge is -2.30. The van der Waals surface area contributed by atoms with Gasteiger partial charge in [-0.05, 0) is 145 Å². The third-order valence-corrected chi connectivity index (χ3v) is 15.0. The van der Waals surface area contributed by atoms with Crippen LogP contribution in [0.1, 0.15) is 29.1 Å². The number of allylic oxidation sites excluding steroid dienone is 2. The van der Waals surface area contributed by atoms with Gasteiger partial charge < -0.3 is 23.5 Å². The number of para-hydroxylation sites is 4. The first-order valence-electron chi connectivity index (χ1n) is 24.1. The average Bonchev–Trinajstić information content (AvgIpc) is 3.94. The Morgan fingerprint density at radius 1 is 0.507 bits per heavy atom. The number of anilines is 7. The van der Waals surface area contributed by atoms with Crippen molar-refractivity contribution in [2.24, 2.45) is 0 Å². The summed E-state index contributed by atoms with van der Waals surface area (Å²) in [5.41, 5.74) is 16.1. The fourth-order valence-electron chi connectivity index (χ4n) is 10.6. The lowest BCUT2D eigenvalue weighted by Crippen LogP contribution is -2.22. The molecule has 0 amide bonds. The van der Waals surface area contributed by atoms with Gasteiger partial charge in [-0.2, -0.15) is 0 Å². The van der Waals surface area contributed by atoms with Crippen molar-refractivity contribution < 1.29 is 8.83 Å². The normalized spacial score (nSPS) is 12.9. The Balaban J connectivity index is 0.868. The Morgan fingerprint density at radius 2 is 1.11 bits per heavy atom. The van der Waals surface area contributed by atoms with E-state index in [0.717, 1.165) is 103 Å². The van der Waals surface area contributed by atoms with Crippen molar-refractivity contribution in [3.05, 3.63) is 259 Å². The fraction of sp³-hybridized carbons (Fsp3) is 0.0462. The van der Waals surface area contributed by atoms with Gasteiger partial charge in [-0.15, -0.1) is 0 Å². The average molecular weight is 934 g/mol. The molecule has 0 saturated heterocycles. The maximum absolute atomic E-state index is 6.79. The Hall–Kier alpha value is -8.71. The van der Waals surface area contributed by atoms with E-state index in [4.69, 9.17) is 8.83 Å². The molecule has 0 radical (unpaired) electrons. The van der Waals surface area contributed by atoms with Gasteiger partial charge in [0.1, 0.15) is 22.7 Å². The molecular weight excluding hydrogens is 887 g/mol. The van der Waals surface area contributed by atoms with Gasteiger partial charge in [-0.25, -0.2) is 0 Å². The number of fused-ring (bicyclic) bond motifs is 6. The Bertz CT molecular complexity index is 3850. The predicted octanol–water partition coefficient (Wildman–Crippen LogP) is 18.7. The maximum atomic E-state index is 6.79. The van der Waals surface area contributed by atoms with E-state index in [2.05, 4.69) is 234 Å². The van der Waals surface area contributed by atoms with Gasteiger partial charge in [0.05, 0.1) is 0 Å². The van der Waals surface area contributed by atoms with Crippen LogP contribution in [0.15, 0.2) is 255 Å². The van der Waals surface area contributed by atoms with Crippen LogP contribution in [0.5, 0.6) is 0 Å². The van der Waals surface area contributed by atoms with Crippen molar-refractivity contribution in [1.29, 1.82) is 0 Å². The van der Waals surface area contributed by atoms with E-state index < -0.39 is 0 Å². The Labute approximate surface area is 417 Å². The molecule has 1 aliphatic heterocycles. The van der Waals surface area contributed by atoms with Gasteiger partial charge in [0.2, 0.25) is 0 Å². The molecule has 2 aliphatic rings. The van der Waals surface area contributed by atoms with Crippen molar-refractivity contribution in [3.8, 4) is 11.1 Å². The summed E-state index contributed by atoms with van der Waals surface area (Å²) in [4.78, 5) is 9.49. The summed E-state index contributed by atoms with van der Waals surface area (Å²) in [7, 11) is 0. The minimum Gasteiger partial charge on any atom is -0.461 e. The molecule has 5 nitrogen and oxygen atoms in total. The summed E-state index contributed by atoms with van der Waals surface area (Å²) in [6.07, 6.45) is 8.00.